The minimum atomic E-state index is -4.10. The van der Waals surface area contributed by atoms with Gasteiger partial charge in [-0.05, 0) is 30.3 Å². The Morgan fingerprint density at radius 1 is 1.07 bits per heavy atom. The number of amides is 1. The van der Waals surface area contributed by atoms with Crippen LogP contribution in [0.1, 0.15) is 6.92 Å². The van der Waals surface area contributed by atoms with Gasteiger partial charge < -0.3 is 5.32 Å². The van der Waals surface area contributed by atoms with Crippen molar-refractivity contribution in [1.82, 2.24) is 4.98 Å². The van der Waals surface area contributed by atoms with Crippen molar-refractivity contribution in [2.24, 2.45) is 0 Å². The molecule has 0 fully saturated rings. The third-order valence-corrected chi connectivity index (χ3v) is 5.65. The largest absolute Gasteiger partial charge is 0.326 e. The lowest BCUT2D eigenvalue weighted by Crippen LogP contribution is -2.13. The van der Waals surface area contributed by atoms with Gasteiger partial charge in [-0.2, -0.15) is 0 Å². The summed E-state index contributed by atoms with van der Waals surface area (Å²) in [5, 5.41) is 4.37. The summed E-state index contributed by atoms with van der Waals surface area (Å²) in [6.07, 6.45) is 0. The van der Waals surface area contributed by atoms with Crippen molar-refractivity contribution in [1.29, 1.82) is 0 Å². The van der Waals surface area contributed by atoms with Gasteiger partial charge in [-0.25, -0.2) is 22.2 Å². The van der Waals surface area contributed by atoms with Gasteiger partial charge in [-0.3, -0.25) is 9.52 Å². The van der Waals surface area contributed by atoms with Gasteiger partial charge in [-0.1, -0.05) is 12.1 Å². The molecule has 0 saturated carbocycles. The fourth-order valence-electron chi connectivity index (χ4n) is 2.20. The number of aromatic nitrogens is 1. The van der Waals surface area contributed by atoms with E-state index < -0.39 is 26.6 Å². The molecule has 0 saturated heterocycles. The van der Waals surface area contributed by atoms with E-state index in [-0.39, 0.29) is 11.0 Å². The number of halogens is 2. The molecule has 27 heavy (non-hydrogen) atoms. The Morgan fingerprint density at radius 3 is 2.41 bits per heavy atom. The van der Waals surface area contributed by atoms with E-state index in [4.69, 9.17) is 0 Å². The zero-order chi connectivity index (χ0) is 19.6. The molecule has 140 valence electrons. The zero-order valence-electron chi connectivity index (χ0n) is 13.9. The first-order valence-electron chi connectivity index (χ1n) is 7.56. The van der Waals surface area contributed by atoms with Crippen LogP contribution in [0.15, 0.2) is 52.7 Å². The second-order valence-electron chi connectivity index (χ2n) is 5.48. The second-order valence-corrected chi connectivity index (χ2v) is 8.02. The Hall–Kier alpha value is -2.85. The summed E-state index contributed by atoms with van der Waals surface area (Å²) in [6, 6.07) is 9.17. The molecule has 2 aromatic carbocycles. The molecule has 0 atom stereocenters. The molecule has 0 spiro atoms. The highest BCUT2D eigenvalue weighted by Crippen LogP contribution is 2.27. The van der Waals surface area contributed by atoms with Crippen LogP contribution in [0.2, 0.25) is 0 Å². The molecule has 2 N–H and O–H groups in total. The van der Waals surface area contributed by atoms with Gasteiger partial charge in [0, 0.05) is 23.6 Å². The third kappa shape index (κ3) is 4.47. The Labute approximate surface area is 157 Å². The lowest BCUT2D eigenvalue weighted by molar-refractivity contribution is -0.114. The molecule has 1 amide bonds. The fraction of sp³-hybridized carbons (Fsp3) is 0.0588. The van der Waals surface area contributed by atoms with Gasteiger partial charge in [-0.15, -0.1) is 11.3 Å². The Bertz CT molecular complexity index is 1100. The number of thiazole rings is 1. The van der Waals surface area contributed by atoms with Gasteiger partial charge >= 0.3 is 0 Å². The zero-order valence-corrected chi connectivity index (χ0v) is 15.5. The van der Waals surface area contributed by atoms with Crippen molar-refractivity contribution in [3.05, 3.63) is 59.5 Å². The molecule has 0 aliphatic heterocycles. The predicted octanol–water partition coefficient (Wildman–Crippen LogP) is 3.85. The van der Waals surface area contributed by atoms with E-state index in [2.05, 4.69) is 15.0 Å². The van der Waals surface area contributed by atoms with Gasteiger partial charge in [0.25, 0.3) is 10.0 Å². The maximum Gasteiger partial charge on any atom is 0.263 e. The highest BCUT2D eigenvalue weighted by atomic mass is 32.2. The van der Waals surface area contributed by atoms with Crippen LogP contribution in [0.25, 0.3) is 11.3 Å². The molecule has 0 radical (unpaired) electrons. The Balaban J connectivity index is 1.79. The van der Waals surface area contributed by atoms with E-state index in [9.17, 15) is 22.0 Å². The van der Waals surface area contributed by atoms with Crippen molar-refractivity contribution < 1.29 is 22.0 Å². The molecule has 0 aliphatic rings. The topological polar surface area (TPSA) is 88.2 Å². The van der Waals surface area contributed by atoms with Crippen LogP contribution >= 0.6 is 11.3 Å². The highest BCUT2D eigenvalue weighted by Gasteiger charge is 2.18. The van der Waals surface area contributed by atoms with Crippen molar-refractivity contribution in [2.75, 3.05) is 10.0 Å². The molecule has 10 heteroatoms. The molecular formula is C17H13F2N3O3S2. The smallest absolute Gasteiger partial charge is 0.263 e. The van der Waals surface area contributed by atoms with Crippen LogP contribution in [0.4, 0.5) is 19.6 Å². The van der Waals surface area contributed by atoms with Crippen molar-refractivity contribution in [2.45, 2.75) is 11.8 Å². The monoisotopic (exact) mass is 409 g/mol. The number of anilines is 2. The summed E-state index contributed by atoms with van der Waals surface area (Å²) >= 11 is 1.05. The molecule has 0 aliphatic carbocycles. The number of benzene rings is 2. The van der Waals surface area contributed by atoms with Gasteiger partial charge in [0.2, 0.25) is 5.91 Å². The summed E-state index contributed by atoms with van der Waals surface area (Å²) in [4.78, 5) is 14.8. The van der Waals surface area contributed by atoms with Gasteiger partial charge in [0.1, 0.15) is 0 Å². The summed E-state index contributed by atoms with van der Waals surface area (Å²) in [7, 11) is -4.10. The predicted molar refractivity (Wildman–Crippen MR) is 99.0 cm³/mol. The van der Waals surface area contributed by atoms with Crippen molar-refractivity contribution in [3.8, 4) is 11.3 Å². The first-order valence-corrected chi connectivity index (χ1v) is 9.92. The minimum Gasteiger partial charge on any atom is -0.326 e. The van der Waals surface area contributed by atoms with Crippen molar-refractivity contribution >= 4 is 38.1 Å². The van der Waals surface area contributed by atoms with Gasteiger partial charge in [0.15, 0.2) is 16.8 Å². The minimum absolute atomic E-state index is 0.0840. The quantitative estimate of drug-likeness (QED) is 0.670. The van der Waals surface area contributed by atoms with E-state index in [1.54, 1.807) is 29.6 Å². The molecule has 0 bridgehead atoms. The number of rotatable bonds is 5. The molecule has 6 nitrogen and oxygen atoms in total. The van der Waals surface area contributed by atoms with E-state index in [0.29, 0.717) is 17.4 Å². The molecule has 3 aromatic rings. The number of nitrogens with one attached hydrogen (secondary N) is 2. The first kappa shape index (κ1) is 18.9. The molecular weight excluding hydrogens is 396 g/mol. The van der Waals surface area contributed by atoms with Crippen LogP contribution in [-0.4, -0.2) is 19.3 Å². The average Bonchev–Trinajstić information content (AvgIpc) is 3.05. The van der Waals surface area contributed by atoms with Gasteiger partial charge in [0.05, 0.1) is 10.6 Å². The van der Waals surface area contributed by atoms with Crippen LogP contribution in [0.3, 0.4) is 0 Å². The number of nitrogens with zero attached hydrogens (tertiary/aromatic N) is 1. The SMILES string of the molecule is CC(=O)Nc1ccc(-c2csc(NS(=O)(=O)c3ccc(F)c(F)c3)n2)cc1. The fourth-order valence-corrected chi connectivity index (χ4v) is 4.18. The third-order valence-electron chi connectivity index (χ3n) is 3.43. The Morgan fingerprint density at radius 2 is 1.78 bits per heavy atom. The van der Waals surface area contributed by atoms with E-state index in [1.165, 1.54) is 6.92 Å². The average molecular weight is 409 g/mol. The van der Waals surface area contributed by atoms with E-state index >= 15 is 0 Å². The second kappa shape index (κ2) is 7.41. The van der Waals surface area contributed by atoms with Crippen molar-refractivity contribution in [3.63, 3.8) is 0 Å². The molecule has 0 unspecified atom stereocenters. The van der Waals surface area contributed by atoms with Crippen LogP contribution in [0, 0.1) is 11.6 Å². The van der Waals surface area contributed by atoms with Crippen LogP contribution in [-0.2, 0) is 14.8 Å². The summed E-state index contributed by atoms with van der Waals surface area (Å²) in [5.41, 5.74) is 1.87. The number of carbonyl (C=O) groups excluding carboxylic acids is 1. The Kier molecular flexibility index (Phi) is 5.19. The lowest BCUT2D eigenvalue weighted by atomic mass is 10.1. The molecule has 3 rings (SSSR count). The number of sulfonamides is 1. The van der Waals surface area contributed by atoms with Crippen LogP contribution in [0.5, 0.6) is 0 Å². The number of hydrogen-bond donors (Lipinski definition) is 2. The normalized spacial score (nSPS) is 11.2. The van der Waals surface area contributed by atoms with E-state index in [0.717, 1.165) is 29.0 Å². The molecule has 1 aromatic heterocycles. The summed E-state index contributed by atoms with van der Waals surface area (Å²) in [5.74, 6) is -2.57. The maximum atomic E-state index is 13.3. The number of hydrogen-bond acceptors (Lipinski definition) is 5. The van der Waals surface area contributed by atoms with E-state index in [1.807, 2.05) is 0 Å². The van der Waals surface area contributed by atoms with Crippen LogP contribution < -0.4 is 10.0 Å². The summed E-state index contributed by atoms with van der Waals surface area (Å²) in [6.45, 7) is 1.40. The summed E-state index contributed by atoms with van der Waals surface area (Å²) < 4.78 is 53.1. The molecule has 1 heterocycles. The maximum absolute atomic E-state index is 13.3. The highest BCUT2D eigenvalue weighted by molar-refractivity contribution is 7.93. The standard InChI is InChI=1S/C17H13F2N3O3S2/c1-10(23)20-12-4-2-11(3-5-12)16-9-26-17(21-16)22-27(24,25)13-6-7-14(18)15(19)8-13/h2-9H,1H3,(H,20,23)(H,21,22). The lowest BCUT2D eigenvalue weighted by Gasteiger charge is -2.05. The number of carbonyl (C=O) groups is 1. The first-order chi connectivity index (χ1) is 12.7.